The minimum atomic E-state index is -6.06. The number of alkyl halides is 9. The Bertz CT molecular complexity index is 3760. The molecule has 7 amide bonds. The van der Waals surface area contributed by atoms with E-state index in [0.717, 1.165) is 86.6 Å². The number of hydrogen-bond acceptors (Lipinski definition) is 26. The second-order valence-electron chi connectivity index (χ2n) is 26.6. The highest BCUT2D eigenvalue weighted by Crippen LogP contribution is 2.37. The molecule has 4 fully saturated rings. The summed E-state index contributed by atoms with van der Waals surface area (Å²) in [4.78, 5) is 131. The van der Waals surface area contributed by atoms with Gasteiger partial charge in [0, 0.05) is 107 Å². The number of carbonyl (C=O) groups excluding carboxylic acids is 7. The number of phenolic OH excluding ortho intramolecular Hbond substituents is 1. The predicted molar refractivity (Wildman–Crippen MR) is 387 cm³/mol. The lowest BCUT2D eigenvalue weighted by molar-refractivity contribution is -0.339. The van der Waals surface area contributed by atoms with E-state index in [0.29, 0.717) is 27.9 Å². The number of rotatable bonds is 23. The predicted octanol–water partition coefficient (Wildman–Crippen LogP) is 0.408. The van der Waals surface area contributed by atoms with Crippen molar-refractivity contribution in [1.82, 2.24) is 46.6 Å². The van der Waals surface area contributed by atoms with Crippen LogP contribution in [-0.4, -0.2) is 302 Å². The van der Waals surface area contributed by atoms with Gasteiger partial charge in [0.2, 0.25) is 35.4 Å². The van der Waals surface area contributed by atoms with Gasteiger partial charge in [0.1, 0.15) is 46.3 Å². The number of anilines is 1. The highest BCUT2D eigenvalue weighted by atomic mass is 32.1. The van der Waals surface area contributed by atoms with Crippen molar-refractivity contribution < 1.29 is 153 Å². The molecule has 0 bridgehead atoms. The van der Waals surface area contributed by atoms with Crippen LogP contribution in [0, 0.1) is 11.8 Å². The van der Waals surface area contributed by atoms with E-state index in [2.05, 4.69) is 53.8 Å². The second-order valence-corrected chi connectivity index (χ2v) is 27.6. The van der Waals surface area contributed by atoms with E-state index in [4.69, 9.17) is 55.4 Å². The van der Waals surface area contributed by atoms with Crippen molar-refractivity contribution in [3.8, 4) is 32.6 Å². The van der Waals surface area contributed by atoms with Crippen molar-refractivity contribution in [1.29, 1.82) is 0 Å². The van der Waals surface area contributed by atoms with E-state index in [1.165, 1.54) is 48.6 Å². The number of ether oxygens (including phenoxy) is 3. The molecule has 0 aliphatic carbocycles. The molecule has 115 heavy (non-hydrogen) atoms. The molecule has 0 saturated carbocycles. The number of aliphatic hydroxyl groups is 6. The molecular formula is C70H95F9N12O23S. The van der Waals surface area contributed by atoms with E-state index >= 15 is 0 Å². The van der Waals surface area contributed by atoms with Crippen molar-refractivity contribution >= 4 is 77.3 Å². The number of β-amino-alcohol motifs (C(OH)–C–C–N with tert-alkyl or cyclic N) is 1. The number of hydrogen-bond donors (Lipinski definition) is 17. The standard InChI is InChI=1S/C64H90N12O17S.C2F6.C2HF3O2.2CH2O2/c1-35-32-76-54(55(35)83)60(88)67-31-43(78)29-45(68-56(84)39-8-10-40(11-9-39)61-72-73-62(94-61)41-12-14-42(15-13-41)74-22-18-37(19-23-74)34-92-25-5-4-24-91-3)57(85)69-51(36(2)77)63(89)75-33-44(79)30-46(75)58(86)70-52(59(87)71-53(64(76)90)48(81)17-21-66)49(82)27-38-7-16-47(80)50(28-38)93-26-6-20-65;3-1(4,5)2(6,7)8;3-2(4,5)1(6)7;2*2-1-3/h7-16,28,35-37,43-46,48-49,51-55,77-83H,4-6,17-27,29-34,65-66H2,1-3H3,(H,67,88)(H,68,84)(H,69,85)(H,70,86)(H,71,87);;(H,6,7);2*1H,(H,2,3)/t35-,36+,43+,44+,45-,46-,48+,49+,51-,52-,53-,54-,55-;;;;/m0..../s1. The van der Waals surface area contributed by atoms with Crippen LogP contribution in [0.4, 0.5) is 45.2 Å². The molecular weight excluding hydrogens is 1580 g/mol. The molecule has 0 spiro atoms. The quantitative estimate of drug-likeness (QED) is 0.0272. The first-order valence-corrected chi connectivity index (χ1v) is 36.4. The van der Waals surface area contributed by atoms with Crippen LogP contribution >= 0.6 is 11.3 Å². The van der Waals surface area contributed by atoms with E-state index in [1.807, 2.05) is 12.1 Å². The first-order valence-electron chi connectivity index (χ1n) is 35.6. The third-order valence-corrected chi connectivity index (χ3v) is 19.0. The van der Waals surface area contributed by atoms with Gasteiger partial charge in [-0.25, -0.2) is 4.79 Å². The van der Waals surface area contributed by atoms with E-state index < -0.39 is 177 Å². The molecule has 0 radical (unpaired) electrons. The Labute approximate surface area is 655 Å². The first kappa shape index (κ1) is 97.7. The van der Waals surface area contributed by atoms with Crippen LogP contribution in [0.1, 0.15) is 81.1 Å². The summed E-state index contributed by atoms with van der Waals surface area (Å²) in [5.41, 5.74) is 14.3. The lowest BCUT2D eigenvalue weighted by Crippen LogP contribution is -2.64. The van der Waals surface area contributed by atoms with Gasteiger partial charge < -0.3 is 118 Å². The molecule has 4 aliphatic rings. The summed E-state index contributed by atoms with van der Waals surface area (Å²) in [6, 6.07) is 7.46. The molecule has 35 nitrogen and oxygen atoms in total. The molecule has 5 heterocycles. The Morgan fingerprint density at radius 1 is 0.696 bits per heavy atom. The average Bonchev–Trinajstić information content (AvgIpc) is 1.63. The number of aromatic hydroxyl groups is 1. The maximum Gasteiger partial charge on any atom is 0.490 e. The maximum absolute atomic E-state index is 14.7. The Hall–Kier alpha value is -9.71. The van der Waals surface area contributed by atoms with Gasteiger partial charge in [-0.2, -0.15) is 39.5 Å². The minimum Gasteiger partial charge on any atom is -0.504 e. The number of phenols is 1. The summed E-state index contributed by atoms with van der Waals surface area (Å²) in [5, 5.41) is 123. The number of aliphatic hydroxyl groups excluding tert-OH is 6. The molecule has 3 aromatic carbocycles. The number of aromatic nitrogens is 2. The molecule has 0 unspecified atom stereocenters. The molecule has 19 N–H and O–H groups in total. The maximum atomic E-state index is 14.7. The van der Waals surface area contributed by atoms with Crippen molar-refractivity contribution in [3.05, 3.63) is 77.9 Å². The lowest BCUT2D eigenvalue weighted by atomic mass is 9.97. The van der Waals surface area contributed by atoms with Crippen LogP contribution in [0.25, 0.3) is 21.1 Å². The third-order valence-electron chi connectivity index (χ3n) is 18.0. The van der Waals surface area contributed by atoms with E-state index in [9.17, 15) is 109 Å². The highest BCUT2D eigenvalue weighted by molar-refractivity contribution is 7.17. The van der Waals surface area contributed by atoms with Crippen molar-refractivity contribution in [2.75, 3.05) is 84.3 Å². The van der Waals surface area contributed by atoms with Gasteiger partial charge in [0.05, 0.1) is 43.2 Å². The SMILES string of the molecule is COCCCCOCC1CCN(c2ccc(-c3nnc(-c4ccc(C(=O)N[C@H]5C[C@@H](O)CNC(=O)[C@@H]6[C@@H](O)[C@@H](C)CN6C(=O)[C@H]([C@H](O)CCN)NC(=O)[C@H]([C@H](O)Cc6ccc(O)c(OCCCN)c6)NC(=O)[C@@H]6C[C@@H](O)CN6C(=O)[C@H]([C@@H](C)O)NC5=O)cc4)s3)cc2)CC1.FC(F)(F)C(F)(F)F.O=C(O)C(F)(F)F.O=CO.O=CO. The summed E-state index contributed by atoms with van der Waals surface area (Å²) in [6.45, 7) is 4.98. The first-order chi connectivity index (χ1) is 54.1. The molecule has 1 aromatic heterocycles. The largest absolute Gasteiger partial charge is 0.504 e. The van der Waals surface area contributed by atoms with Gasteiger partial charge in [0.15, 0.2) is 11.5 Å². The number of nitrogens with two attached hydrogens (primary N) is 2. The van der Waals surface area contributed by atoms with Gasteiger partial charge in [-0.15, -0.1) is 10.2 Å². The Morgan fingerprint density at radius 3 is 1.78 bits per heavy atom. The number of methoxy groups -OCH3 is 1. The fourth-order valence-corrected chi connectivity index (χ4v) is 12.9. The number of nitrogens with zero attached hydrogens (tertiary/aromatic N) is 5. The van der Waals surface area contributed by atoms with Gasteiger partial charge in [-0.3, -0.25) is 43.2 Å². The Morgan fingerprint density at radius 2 is 1.24 bits per heavy atom. The molecule has 13 atom stereocenters. The number of amides is 7. The summed E-state index contributed by atoms with van der Waals surface area (Å²) in [5.74, 6) is -10.8. The Kier molecular flexibility index (Phi) is 39.7. The van der Waals surface area contributed by atoms with Gasteiger partial charge in [-0.1, -0.05) is 36.5 Å². The number of piperidine rings is 1. The molecule has 45 heteroatoms. The zero-order valence-corrected chi connectivity index (χ0v) is 63.0. The fraction of sp³-hybridized carbons (Fsp3) is 0.571. The number of nitrogens with one attached hydrogen (secondary N) is 5. The van der Waals surface area contributed by atoms with Gasteiger partial charge >= 0.3 is 24.5 Å². The van der Waals surface area contributed by atoms with Crippen LogP contribution in [0.15, 0.2) is 66.7 Å². The van der Waals surface area contributed by atoms with Crippen molar-refractivity contribution in [2.45, 2.75) is 163 Å². The number of carboxylic acids is 1. The number of carbonyl (C=O) groups is 10. The molecule has 8 rings (SSSR count). The monoisotopic (exact) mass is 1670 g/mol. The molecule has 4 aromatic rings. The lowest BCUT2D eigenvalue weighted by Gasteiger charge is -2.34. The number of aliphatic carboxylic acids is 1. The zero-order valence-electron chi connectivity index (χ0n) is 62.2. The van der Waals surface area contributed by atoms with Gasteiger partial charge in [-0.05, 0) is 119 Å². The topological polar surface area (TPSA) is 548 Å². The Balaban J connectivity index is 0.00000117. The summed E-state index contributed by atoms with van der Waals surface area (Å²) in [7, 11) is 1.70. The van der Waals surface area contributed by atoms with Crippen molar-refractivity contribution in [2.24, 2.45) is 23.3 Å². The zero-order chi connectivity index (χ0) is 86.2. The van der Waals surface area contributed by atoms with Crippen LogP contribution in [0.5, 0.6) is 11.5 Å². The summed E-state index contributed by atoms with van der Waals surface area (Å²) in [6.07, 6.45) is -24.6. The molecule has 642 valence electrons. The van der Waals surface area contributed by atoms with Crippen LogP contribution in [0.3, 0.4) is 0 Å². The van der Waals surface area contributed by atoms with Crippen molar-refractivity contribution in [3.63, 3.8) is 0 Å². The fourth-order valence-electron chi connectivity index (χ4n) is 12.0. The van der Waals surface area contributed by atoms with Crippen LogP contribution in [-0.2, 0) is 59.0 Å². The number of fused-ring (bicyclic) bond motifs is 2. The number of halogens is 9. The average molecular weight is 1680 g/mol. The normalized spacial score (nSPS) is 22.9. The van der Waals surface area contributed by atoms with E-state index in [-0.39, 0.29) is 68.2 Å². The summed E-state index contributed by atoms with van der Waals surface area (Å²) >= 11 is 1.34. The van der Waals surface area contributed by atoms with Crippen LogP contribution in [0.2, 0.25) is 0 Å². The minimum absolute atomic E-state index is 0.00404. The van der Waals surface area contributed by atoms with Gasteiger partial charge in [0.25, 0.3) is 18.9 Å². The smallest absolute Gasteiger partial charge is 0.490 e. The van der Waals surface area contributed by atoms with Crippen LogP contribution < -0.4 is 47.7 Å². The molecule has 4 saturated heterocycles. The summed E-state index contributed by atoms with van der Waals surface area (Å²) < 4.78 is 111. The second kappa shape index (κ2) is 46.7. The highest BCUT2D eigenvalue weighted by Gasteiger charge is 2.59. The number of benzene rings is 3. The third kappa shape index (κ3) is 30.1. The molecule has 4 aliphatic heterocycles. The number of carboxylic acid groups (broad SMARTS) is 3. The van der Waals surface area contributed by atoms with E-state index in [1.54, 1.807) is 19.2 Å². The number of unbranched alkanes of at least 4 members (excludes halogenated alkanes) is 1.